The zero-order valence-corrected chi connectivity index (χ0v) is 8.71. The Hall–Kier alpha value is -0.520. The zero-order chi connectivity index (χ0) is 9.68. The van der Waals surface area contributed by atoms with E-state index in [0.717, 1.165) is 13.0 Å². The molecule has 0 radical (unpaired) electrons. The third-order valence-electron chi connectivity index (χ3n) is 2.97. The van der Waals surface area contributed by atoms with Crippen LogP contribution in [0.4, 0.5) is 0 Å². The van der Waals surface area contributed by atoms with Gasteiger partial charge in [0.25, 0.3) is 0 Å². The van der Waals surface area contributed by atoms with E-state index < -0.39 is 0 Å². The molecule has 1 fully saturated rings. The third-order valence-corrected chi connectivity index (χ3v) is 2.97. The zero-order valence-electron chi connectivity index (χ0n) is 8.71. The SMILES string of the molecule is C#CCC(CC)N1CCC(NC)C1. The van der Waals surface area contributed by atoms with Crippen molar-refractivity contribution in [1.82, 2.24) is 10.2 Å². The Labute approximate surface area is 81.7 Å². The molecule has 0 aromatic rings. The monoisotopic (exact) mass is 180 g/mol. The Kier molecular flexibility index (Phi) is 4.27. The lowest BCUT2D eigenvalue weighted by atomic mass is 10.1. The van der Waals surface area contributed by atoms with E-state index in [4.69, 9.17) is 6.42 Å². The van der Waals surface area contributed by atoms with Crippen molar-refractivity contribution < 1.29 is 0 Å². The van der Waals surface area contributed by atoms with E-state index in [9.17, 15) is 0 Å². The first kappa shape index (κ1) is 10.6. The summed E-state index contributed by atoms with van der Waals surface area (Å²) in [4.78, 5) is 2.51. The van der Waals surface area contributed by atoms with Crippen molar-refractivity contribution in [3.05, 3.63) is 0 Å². The van der Waals surface area contributed by atoms with Crippen LogP contribution >= 0.6 is 0 Å². The minimum Gasteiger partial charge on any atom is -0.316 e. The lowest BCUT2D eigenvalue weighted by Gasteiger charge is -2.24. The Morgan fingerprint density at radius 2 is 2.46 bits per heavy atom. The molecule has 0 bridgehead atoms. The van der Waals surface area contributed by atoms with Gasteiger partial charge in [-0.3, -0.25) is 4.90 Å². The molecule has 1 aliphatic rings. The third kappa shape index (κ3) is 2.72. The van der Waals surface area contributed by atoms with Crippen molar-refractivity contribution in [3.8, 4) is 12.3 Å². The maximum absolute atomic E-state index is 5.35. The second kappa shape index (κ2) is 5.26. The Balaban J connectivity index is 2.39. The van der Waals surface area contributed by atoms with Crippen molar-refractivity contribution in [1.29, 1.82) is 0 Å². The van der Waals surface area contributed by atoms with Gasteiger partial charge in [-0.15, -0.1) is 12.3 Å². The van der Waals surface area contributed by atoms with Crippen LogP contribution < -0.4 is 5.32 Å². The molecule has 1 saturated heterocycles. The van der Waals surface area contributed by atoms with Gasteiger partial charge in [0.05, 0.1) is 0 Å². The van der Waals surface area contributed by atoms with Crippen LogP contribution in [-0.4, -0.2) is 37.1 Å². The van der Waals surface area contributed by atoms with Crippen LogP contribution in [-0.2, 0) is 0 Å². The number of hydrogen-bond acceptors (Lipinski definition) is 2. The van der Waals surface area contributed by atoms with E-state index in [2.05, 4.69) is 23.1 Å². The fourth-order valence-electron chi connectivity index (χ4n) is 2.02. The van der Waals surface area contributed by atoms with Gasteiger partial charge in [0.2, 0.25) is 0 Å². The molecule has 0 aromatic heterocycles. The first-order valence-electron chi connectivity index (χ1n) is 5.16. The van der Waals surface area contributed by atoms with Crippen LogP contribution in [0.3, 0.4) is 0 Å². The minimum atomic E-state index is 0.600. The van der Waals surface area contributed by atoms with Gasteiger partial charge in [0.1, 0.15) is 0 Å². The van der Waals surface area contributed by atoms with Gasteiger partial charge < -0.3 is 5.32 Å². The molecular formula is C11H20N2. The van der Waals surface area contributed by atoms with Gasteiger partial charge in [-0.2, -0.15) is 0 Å². The van der Waals surface area contributed by atoms with E-state index >= 15 is 0 Å². The number of nitrogens with one attached hydrogen (secondary N) is 1. The van der Waals surface area contributed by atoms with Gasteiger partial charge in [-0.1, -0.05) is 6.92 Å². The van der Waals surface area contributed by atoms with E-state index in [1.165, 1.54) is 19.4 Å². The Morgan fingerprint density at radius 1 is 1.69 bits per heavy atom. The molecule has 1 rings (SSSR count). The van der Waals surface area contributed by atoms with E-state index in [1.54, 1.807) is 0 Å². The summed E-state index contributed by atoms with van der Waals surface area (Å²) < 4.78 is 0. The maximum Gasteiger partial charge on any atom is 0.0242 e. The summed E-state index contributed by atoms with van der Waals surface area (Å²) in [6, 6.07) is 1.27. The number of rotatable bonds is 4. The normalized spacial score (nSPS) is 25.8. The molecule has 1 aliphatic heterocycles. The summed E-state index contributed by atoms with van der Waals surface area (Å²) in [6.45, 7) is 4.58. The molecule has 0 aliphatic carbocycles. The predicted octanol–water partition coefficient (Wildman–Crippen LogP) is 1.08. The highest BCUT2D eigenvalue weighted by molar-refractivity contribution is 4.93. The van der Waals surface area contributed by atoms with Crippen molar-refractivity contribution in [2.45, 2.75) is 38.3 Å². The Bertz CT molecular complexity index is 183. The molecule has 2 heteroatoms. The molecule has 2 atom stereocenters. The van der Waals surface area contributed by atoms with Gasteiger partial charge >= 0.3 is 0 Å². The molecule has 0 amide bonds. The highest BCUT2D eigenvalue weighted by Crippen LogP contribution is 2.16. The average molecular weight is 180 g/mol. The summed E-state index contributed by atoms with van der Waals surface area (Å²) in [7, 11) is 2.04. The molecule has 0 saturated carbocycles. The molecule has 1 N–H and O–H groups in total. The van der Waals surface area contributed by atoms with Gasteiger partial charge in [0.15, 0.2) is 0 Å². The number of hydrogen-bond donors (Lipinski definition) is 1. The quantitative estimate of drug-likeness (QED) is 0.651. The molecule has 0 spiro atoms. The highest BCUT2D eigenvalue weighted by atomic mass is 15.2. The number of terminal acetylenes is 1. The fraction of sp³-hybridized carbons (Fsp3) is 0.818. The summed E-state index contributed by atoms with van der Waals surface area (Å²) in [5, 5.41) is 3.32. The van der Waals surface area contributed by atoms with Crippen molar-refractivity contribution in [2.24, 2.45) is 0 Å². The Morgan fingerprint density at radius 3 is 2.92 bits per heavy atom. The van der Waals surface area contributed by atoms with Crippen LogP contribution in [0.5, 0.6) is 0 Å². The average Bonchev–Trinajstić information content (AvgIpc) is 2.62. The summed E-state index contributed by atoms with van der Waals surface area (Å²) in [6.07, 6.45) is 8.67. The number of likely N-dealkylation sites (tertiary alicyclic amines) is 1. The van der Waals surface area contributed by atoms with Crippen LogP contribution in [0.15, 0.2) is 0 Å². The second-order valence-corrected chi connectivity index (χ2v) is 3.74. The number of nitrogens with zero attached hydrogens (tertiary/aromatic N) is 1. The van der Waals surface area contributed by atoms with Gasteiger partial charge in [-0.05, 0) is 19.9 Å². The molecule has 13 heavy (non-hydrogen) atoms. The van der Waals surface area contributed by atoms with E-state index in [0.29, 0.717) is 12.1 Å². The topological polar surface area (TPSA) is 15.3 Å². The molecule has 0 aromatic carbocycles. The summed E-state index contributed by atoms with van der Waals surface area (Å²) >= 11 is 0. The maximum atomic E-state index is 5.35. The standard InChI is InChI=1S/C11H20N2/c1-4-6-11(5-2)13-8-7-10(9-13)12-3/h1,10-12H,5-9H2,2-3H3. The number of likely N-dealkylation sites (N-methyl/N-ethyl adjacent to an activating group) is 1. The van der Waals surface area contributed by atoms with Crippen molar-refractivity contribution >= 4 is 0 Å². The molecule has 2 unspecified atom stereocenters. The minimum absolute atomic E-state index is 0.600. The van der Waals surface area contributed by atoms with E-state index in [-0.39, 0.29) is 0 Å². The van der Waals surface area contributed by atoms with E-state index in [1.807, 2.05) is 7.05 Å². The lowest BCUT2D eigenvalue weighted by Crippen LogP contribution is -2.36. The molecular weight excluding hydrogens is 160 g/mol. The lowest BCUT2D eigenvalue weighted by molar-refractivity contribution is 0.234. The molecule has 2 nitrogen and oxygen atoms in total. The van der Waals surface area contributed by atoms with Crippen LogP contribution in [0.1, 0.15) is 26.2 Å². The molecule has 74 valence electrons. The summed E-state index contributed by atoms with van der Waals surface area (Å²) in [5.41, 5.74) is 0. The second-order valence-electron chi connectivity index (χ2n) is 3.74. The van der Waals surface area contributed by atoms with Crippen molar-refractivity contribution in [3.63, 3.8) is 0 Å². The highest BCUT2D eigenvalue weighted by Gasteiger charge is 2.25. The van der Waals surface area contributed by atoms with Crippen LogP contribution in [0, 0.1) is 12.3 Å². The first-order chi connectivity index (χ1) is 6.31. The largest absolute Gasteiger partial charge is 0.316 e. The van der Waals surface area contributed by atoms with Crippen molar-refractivity contribution in [2.75, 3.05) is 20.1 Å². The first-order valence-corrected chi connectivity index (χ1v) is 5.16. The predicted molar refractivity (Wildman–Crippen MR) is 56.6 cm³/mol. The summed E-state index contributed by atoms with van der Waals surface area (Å²) in [5.74, 6) is 2.77. The van der Waals surface area contributed by atoms with Crippen LogP contribution in [0.25, 0.3) is 0 Å². The molecule has 1 heterocycles. The fourth-order valence-corrected chi connectivity index (χ4v) is 2.02. The smallest absolute Gasteiger partial charge is 0.0242 e. The van der Waals surface area contributed by atoms with Gasteiger partial charge in [0, 0.05) is 31.6 Å². The van der Waals surface area contributed by atoms with Gasteiger partial charge in [-0.25, -0.2) is 0 Å². The van der Waals surface area contributed by atoms with Crippen LogP contribution in [0.2, 0.25) is 0 Å².